The number of carboxylic acids is 1. The molecule has 174 valence electrons. The Balaban J connectivity index is 1.47. The zero-order valence-corrected chi connectivity index (χ0v) is 18.9. The molecule has 3 aliphatic carbocycles. The normalized spacial score (nSPS) is 28.5. The van der Waals surface area contributed by atoms with E-state index >= 15 is 0 Å². The Hall–Kier alpha value is -2.63. The number of benzene rings is 1. The standard InChI is InChI=1S/C27H28F3NO2/c1-15-9-17(25(32)33)10-16-3-4-20-21(24(15)16)7-8-26(2)22(5-6-23(20)26)18-11-19(13-31-12-18)27(29,30)14-28/h5,9-13,20-21,23H,3-4,6-8,14H2,1-2H3,(H,32,33)/t20-,21+,23+,26-/m1/s1. The van der Waals surface area contributed by atoms with Crippen LogP contribution in [0.5, 0.6) is 0 Å². The van der Waals surface area contributed by atoms with E-state index in [0.29, 0.717) is 28.9 Å². The molecule has 0 unspecified atom stereocenters. The molecular formula is C27H28F3NO2. The summed E-state index contributed by atoms with van der Waals surface area (Å²) in [6.07, 6.45) is 9.51. The minimum absolute atomic E-state index is 0.140. The number of aromatic carboxylic acids is 1. The minimum atomic E-state index is -3.53. The molecule has 0 saturated heterocycles. The van der Waals surface area contributed by atoms with Crippen LogP contribution >= 0.6 is 0 Å². The van der Waals surface area contributed by atoms with Crippen LogP contribution in [-0.2, 0) is 12.3 Å². The Labute approximate surface area is 191 Å². The van der Waals surface area contributed by atoms with Gasteiger partial charge in [-0.15, -0.1) is 0 Å². The van der Waals surface area contributed by atoms with E-state index < -0.39 is 18.6 Å². The number of carboxylic acid groups (broad SMARTS) is 1. The first-order chi connectivity index (χ1) is 15.7. The number of hydrogen-bond donors (Lipinski definition) is 1. The maximum Gasteiger partial charge on any atom is 0.335 e. The van der Waals surface area contributed by atoms with Crippen molar-refractivity contribution in [1.29, 1.82) is 0 Å². The van der Waals surface area contributed by atoms with Crippen molar-refractivity contribution in [2.24, 2.45) is 17.3 Å². The number of rotatable bonds is 4. The number of aromatic nitrogens is 1. The predicted octanol–water partition coefficient (Wildman–Crippen LogP) is 6.70. The SMILES string of the molecule is Cc1cc(C(=O)O)cc2c1[C@H]1CC[C@]3(C)C(c4cncc(C(F)(F)CF)c4)=CC[C@H]3[C@@H]1CC2. The van der Waals surface area contributed by atoms with Crippen LogP contribution in [-0.4, -0.2) is 22.7 Å². The maximum absolute atomic E-state index is 14.0. The van der Waals surface area contributed by atoms with Crippen molar-refractivity contribution in [1.82, 2.24) is 4.98 Å². The highest BCUT2D eigenvalue weighted by Gasteiger charge is 2.52. The Morgan fingerprint density at radius 1 is 1.24 bits per heavy atom. The number of carbonyl (C=O) groups is 1. The number of alkyl halides is 3. The molecule has 1 N–H and O–H groups in total. The van der Waals surface area contributed by atoms with Crippen LogP contribution in [0.2, 0.25) is 0 Å². The average Bonchev–Trinajstić information content (AvgIpc) is 3.16. The number of fused-ring (bicyclic) bond motifs is 5. The van der Waals surface area contributed by atoms with Gasteiger partial charge in [0.15, 0.2) is 6.67 Å². The second-order valence-electron chi connectivity index (χ2n) is 10.2. The van der Waals surface area contributed by atoms with E-state index in [-0.39, 0.29) is 11.0 Å². The molecule has 1 heterocycles. The van der Waals surface area contributed by atoms with Gasteiger partial charge in [-0.05, 0) is 108 Å². The lowest BCUT2D eigenvalue weighted by Crippen LogP contribution is -2.41. The van der Waals surface area contributed by atoms with E-state index in [1.165, 1.54) is 11.6 Å². The molecule has 0 amide bonds. The fourth-order valence-electron chi connectivity index (χ4n) is 6.98. The molecular weight excluding hydrogens is 427 g/mol. The number of hydrogen-bond acceptors (Lipinski definition) is 2. The van der Waals surface area contributed by atoms with Gasteiger partial charge in [-0.1, -0.05) is 13.0 Å². The summed E-state index contributed by atoms with van der Waals surface area (Å²) in [5.74, 6) is -3.17. The predicted molar refractivity (Wildman–Crippen MR) is 120 cm³/mol. The van der Waals surface area contributed by atoms with Crippen molar-refractivity contribution < 1.29 is 23.1 Å². The summed E-state index contributed by atoms with van der Waals surface area (Å²) < 4.78 is 40.9. The van der Waals surface area contributed by atoms with Gasteiger partial charge in [0, 0.05) is 18.0 Å². The summed E-state index contributed by atoms with van der Waals surface area (Å²) >= 11 is 0. The van der Waals surface area contributed by atoms with E-state index in [0.717, 1.165) is 55.0 Å². The van der Waals surface area contributed by atoms with Gasteiger partial charge in [0.1, 0.15) is 0 Å². The third-order valence-corrected chi connectivity index (χ3v) is 8.49. The van der Waals surface area contributed by atoms with Crippen LogP contribution < -0.4 is 0 Å². The summed E-state index contributed by atoms with van der Waals surface area (Å²) in [4.78, 5) is 15.5. The average molecular weight is 456 g/mol. The summed E-state index contributed by atoms with van der Waals surface area (Å²) in [6, 6.07) is 5.04. The molecule has 0 bridgehead atoms. The quantitative estimate of drug-likeness (QED) is 0.558. The first kappa shape index (κ1) is 22.2. The third kappa shape index (κ3) is 3.41. The number of pyridine rings is 1. The first-order valence-electron chi connectivity index (χ1n) is 11.6. The van der Waals surface area contributed by atoms with Crippen molar-refractivity contribution in [3.05, 3.63) is 70.0 Å². The third-order valence-electron chi connectivity index (χ3n) is 8.49. The Morgan fingerprint density at radius 2 is 2.03 bits per heavy atom. The molecule has 1 saturated carbocycles. The lowest BCUT2D eigenvalue weighted by atomic mass is 9.53. The van der Waals surface area contributed by atoms with Crippen LogP contribution in [0.4, 0.5) is 13.2 Å². The fraction of sp³-hybridized carbons (Fsp3) is 0.481. The molecule has 33 heavy (non-hydrogen) atoms. The second-order valence-corrected chi connectivity index (χ2v) is 10.2. The van der Waals surface area contributed by atoms with Crippen molar-refractivity contribution in [3.63, 3.8) is 0 Å². The summed E-state index contributed by atoms with van der Waals surface area (Å²) in [5.41, 5.74) is 5.10. The molecule has 4 atom stereocenters. The summed E-state index contributed by atoms with van der Waals surface area (Å²) in [7, 11) is 0. The zero-order chi connectivity index (χ0) is 23.5. The topological polar surface area (TPSA) is 50.2 Å². The number of aryl methyl sites for hydroxylation is 2. The van der Waals surface area contributed by atoms with E-state index in [9.17, 15) is 23.1 Å². The molecule has 3 aliphatic rings. The molecule has 3 nitrogen and oxygen atoms in total. The highest BCUT2D eigenvalue weighted by Crippen LogP contribution is 2.63. The highest BCUT2D eigenvalue weighted by atomic mass is 19.3. The largest absolute Gasteiger partial charge is 0.478 e. The lowest BCUT2D eigenvalue weighted by molar-refractivity contribution is -0.0284. The molecule has 1 aromatic heterocycles. The molecule has 5 rings (SSSR count). The molecule has 0 aliphatic heterocycles. The van der Waals surface area contributed by atoms with Gasteiger partial charge in [-0.2, -0.15) is 8.78 Å². The van der Waals surface area contributed by atoms with Gasteiger partial charge >= 0.3 is 11.9 Å². The molecule has 1 aromatic carbocycles. The van der Waals surface area contributed by atoms with E-state index in [1.54, 1.807) is 12.3 Å². The molecule has 0 radical (unpaired) electrons. The fourth-order valence-corrected chi connectivity index (χ4v) is 6.98. The highest BCUT2D eigenvalue weighted by molar-refractivity contribution is 5.88. The molecule has 0 spiro atoms. The monoisotopic (exact) mass is 455 g/mol. The molecule has 1 fully saturated rings. The zero-order valence-electron chi connectivity index (χ0n) is 18.9. The Kier molecular flexibility index (Phi) is 5.18. The van der Waals surface area contributed by atoms with Crippen LogP contribution in [0.1, 0.15) is 76.7 Å². The number of halogens is 3. The van der Waals surface area contributed by atoms with Gasteiger partial charge in [-0.3, -0.25) is 4.98 Å². The van der Waals surface area contributed by atoms with Crippen LogP contribution in [0.15, 0.2) is 36.7 Å². The van der Waals surface area contributed by atoms with Gasteiger partial charge in [0.2, 0.25) is 0 Å². The van der Waals surface area contributed by atoms with Gasteiger partial charge in [-0.25, -0.2) is 9.18 Å². The van der Waals surface area contributed by atoms with Crippen molar-refractivity contribution >= 4 is 11.5 Å². The van der Waals surface area contributed by atoms with E-state index in [4.69, 9.17) is 0 Å². The van der Waals surface area contributed by atoms with Crippen molar-refractivity contribution in [3.8, 4) is 0 Å². The maximum atomic E-state index is 14.0. The van der Waals surface area contributed by atoms with Gasteiger partial charge in [0.05, 0.1) is 5.56 Å². The summed E-state index contributed by atoms with van der Waals surface area (Å²) in [6.45, 7) is 2.52. The second kappa shape index (κ2) is 7.71. The first-order valence-corrected chi connectivity index (χ1v) is 11.6. The van der Waals surface area contributed by atoms with Gasteiger partial charge < -0.3 is 5.11 Å². The van der Waals surface area contributed by atoms with Crippen molar-refractivity contribution in [2.45, 2.75) is 57.8 Å². The Bertz CT molecular complexity index is 1160. The van der Waals surface area contributed by atoms with E-state index in [1.807, 2.05) is 13.0 Å². The van der Waals surface area contributed by atoms with Crippen molar-refractivity contribution in [2.75, 3.05) is 6.67 Å². The van der Waals surface area contributed by atoms with Gasteiger partial charge in [0.25, 0.3) is 0 Å². The number of allylic oxidation sites excluding steroid dienone is 2. The smallest absolute Gasteiger partial charge is 0.335 e. The Morgan fingerprint density at radius 3 is 2.76 bits per heavy atom. The van der Waals surface area contributed by atoms with E-state index in [2.05, 4.69) is 18.0 Å². The lowest BCUT2D eigenvalue weighted by Gasteiger charge is -2.51. The van der Waals surface area contributed by atoms with Crippen LogP contribution in [0, 0.1) is 24.2 Å². The molecule has 6 heteroatoms. The van der Waals surface area contributed by atoms with Crippen LogP contribution in [0.3, 0.4) is 0 Å². The van der Waals surface area contributed by atoms with Crippen LogP contribution in [0.25, 0.3) is 5.57 Å². The molecule has 2 aromatic rings. The minimum Gasteiger partial charge on any atom is -0.478 e. The summed E-state index contributed by atoms with van der Waals surface area (Å²) in [5, 5.41) is 9.44. The number of nitrogens with zero attached hydrogens (tertiary/aromatic N) is 1.